The van der Waals surface area contributed by atoms with Gasteiger partial charge in [0.15, 0.2) is 5.16 Å². The lowest BCUT2D eigenvalue weighted by Gasteiger charge is -2.10. The quantitative estimate of drug-likeness (QED) is 0.513. The van der Waals surface area contributed by atoms with Gasteiger partial charge in [0, 0.05) is 10.2 Å². The first-order valence-corrected chi connectivity index (χ1v) is 10.6. The number of anilines is 1. The minimum absolute atomic E-state index is 0.103. The number of carbonyl (C=O) groups is 1. The van der Waals surface area contributed by atoms with Gasteiger partial charge in [-0.2, -0.15) is 0 Å². The Bertz CT molecular complexity index is 973. The maximum atomic E-state index is 12.4. The largest absolute Gasteiger partial charge is 0.494 e. The second-order valence-corrected chi connectivity index (χ2v) is 7.91. The van der Waals surface area contributed by atoms with Crippen LogP contribution < -0.4 is 10.1 Å². The molecule has 8 heteroatoms. The van der Waals surface area contributed by atoms with Crippen molar-refractivity contribution in [3.63, 3.8) is 0 Å². The molecular formula is C20H21BrN4O2S. The summed E-state index contributed by atoms with van der Waals surface area (Å²) in [5, 5.41) is 12.0. The second kappa shape index (κ2) is 9.25. The highest BCUT2D eigenvalue weighted by molar-refractivity contribution is 9.10. The number of thioether (sulfide) groups is 1. The molecule has 1 heterocycles. The van der Waals surface area contributed by atoms with Gasteiger partial charge in [0.05, 0.1) is 18.0 Å². The number of carbonyl (C=O) groups excluding carboxylic acids is 1. The molecule has 0 spiro atoms. The number of benzene rings is 2. The molecule has 146 valence electrons. The van der Waals surface area contributed by atoms with Gasteiger partial charge in [-0.15, -0.1) is 10.2 Å². The van der Waals surface area contributed by atoms with Crippen molar-refractivity contribution in [3.05, 3.63) is 58.3 Å². The molecule has 0 fully saturated rings. The number of rotatable bonds is 7. The van der Waals surface area contributed by atoms with Gasteiger partial charge in [-0.05, 0) is 78.7 Å². The molecule has 3 rings (SSSR count). The first-order chi connectivity index (χ1) is 13.5. The first-order valence-electron chi connectivity index (χ1n) is 8.82. The Hall–Kier alpha value is -2.32. The van der Waals surface area contributed by atoms with Gasteiger partial charge >= 0.3 is 0 Å². The van der Waals surface area contributed by atoms with Crippen molar-refractivity contribution in [2.45, 2.75) is 25.9 Å². The zero-order valence-corrected chi connectivity index (χ0v) is 18.3. The Morgan fingerprint density at radius 3 is 2.61 bits per heavy atom. The Balaban J connectivity index is 1.69. The standard InChI is InChI=1S/C20H21BrN4O2S/c1-4-27-16-8-6-15(7-9-16)25-14(3)23-24-20(25)28-12-19(26)22-18-10-5-13(2)11-17(18)21/h5-11H,4,12H2,1-3H3,(H,22,26). The highest BCUT2D eigenvalue weighted by atomic mass is 79.9. The molecule has 28 heavy (non-hydrogen) atoms. The molecule has 0 bridgehead atoms. The van der Waals surface area contributed by atoms with E-state index < -0.39 is 0 Å². The summed E-state index contributed by atoms with van der Waals surface area (Å²) in [6.07, 6.45) is 0. The van der Waals surface area contributed by atoms with Crippen LogP contribution in [-0.2, 0) is 4.79 Å². The summed E-state index contributed by atoms with van der Waals surface area (Å²) >= 11 is 4.82. The van der Waals surface area contributed by atoms with Crippen LogP contribution in [0.15, 0.2) is 52.1 Å². The first kappa shape index (κ1) is 20.4. The molecule has 6 nitrogen and oxygen atoms in total. The molecule has 0 saturated heterocycles. The van der Waals surface area contributed by atoms with Gasteiger partial charge in [-0.1, -0.05) is 17.8 Å². The van der Waals surface area contributed by atoms with Crippen LogP contribution >= 0.6 is 27.7 Å². The molecule has 0 aliphatic heterocycles. The lowest BCUT2D eigenvalue weighted by molar-refractivity contribution is -0.113. The minimum Gasteiger partial charge on any atom is -0.494 e. The lowest BCUT2D eigenvalue weighted by Crippen LogP contribution is -2.15. The molecule has 1 N–H and O–H groups in total. The normalized spacial score (nSPS) is 10.7. The molecule has 0 saturated carbocycles. The molecule has 0 aliphatic carbocycles. The molecule has 0 radical (unpaired) electrons. The fourth-order valence-electron chi connectivity index (χ4n) is 2.63. The van der Waals surface area contributed by atoms with Crippen molar-refractivity contribution in [1.82, 2.24) is 14.8 Å². The third-order valence-electron chi connectivity index (χ3n) is 3.93. The lowest BCUT2D eigenvalue weighted by atomic mass is 10.2. The minimum atomic E-state index is -0.103. The summed E-state index contributed by atoms with van der Waals surface area (Å²) in [5.41, 5.74) is 2.80. The van der Waals surface area contributed by atoms with E-state index in [1.807, 2.05) is 67.8 Å². The fourth-order valence-corrected chi connectivity index (χ4v) is 4.02. The number of nitrogens with zero attached hydrogens (tertiary/aromatic N) is 3. The van der Waals surface area contributed by atoms with E-state index >= 15 is 0 Å². The number of halogens is 1. The van der Waals surface area contributed by atoms with E-state index in [0.717, 1.165) is 33.0 Å². The maximum absolute atomic E-state index is 12.4. The third-order valence-corrected chi connectivity index (χ3v) is 5.52. The second-order valence-electron chi connectivity index (χ2n) is 6.11. The van der Waals surface area contributed by atoms with Crippen LogP contribution in [0.4, 0.5) is 5.69 Å². The average Bonchev–Trinajstić information content (AvgIpc) is 3.04. The number of hydrogen-bond donors (Lipinski definition) is 1. The molecule has 0 unspecified atom stereocenters. The smallest absolute Gasteiger partial charge is 0.234 e. The predicted octanol–water partition coefficient (Wildman–Crippen LogP) is 4.78. The van der Waals surface area contributed by atoms with E-state index in [9.17, 15) is 4.79 Å². The van der Waals surface area contributed by atoms with Crippen molar-refractivity contribution in [1.29, 1.82) is 0 Å². The third kappa shape index (κ3) is 4.94. The van der Waals surface area contributed by atoms with Crippen molar-refractivity contribution < 1.29 is 9.53 Å². The van der Waals surface area contributed by atoms with Gasteiger partial charge in [0.2, 0.25) is 5.91 Å². The summed E-state index contributed by atoms with van der Waals surface area (Å²) in [5.74, 6) is 1.70. The molecule has 2 aromatic carbocycles. The van der Waals surface area contributed by atoms with E-state index in [4.69, 9.17) is 4.74 Å². The summed E-state index contributed by atoms with van der Waals surface area (Å²) in [6.45, 7) is 6.46. The van der Waals surface area contributed by atoms with E-state index in [-0.39, 0.29) is 11.7 Å². The van der Waals surface area contributed by atoms with Crippen molar-refractivity contribution in [2.75, 3.05) is 17.7 Å². The predicted molar refractivity (Wildman–Crippen MR) is 115 cm³/mol. The average molecular weight is 461 g/mol. The van der Waals surface area contributed by atoms with Gasteiger partial charge in [0.25, 0.3) is 0 Å². The van der Waals surface area contributed by atoms with Gasteiger partial charge in [-0.25, -0.2) is 0 Å². The van der Waals surface area contributed by atoms with E-state index in [2.05, 4.69) is 31.4 Å². The molecule has 0 aliphatic rings. The SMILES string of the molecule is CCOc1ccc(-n2c(C)nnc2SCC(=O)Nc2ccc(C)cc2Br)cc1. The number of nitrogens with one attached hydrogen (secondary N) is 1. The monoisotopic (exact) mass is 460 g/mol. The number of aromatic nitrogens is 3. The van der Waals surface area contributed by atoms with Gasteiger partial charge in [-0.3, -0.25) is 9.36 Å². The zero-order valence-electron chi connectivity index (χ0n) is 15.9. The van der Waals surface area contributed by atoms with E-state index in [0.29, 0.717) is 11.8 Å². The van der Waals surface area contributed by atoms with Crippen molar-refractivity contribution in [2.24, 2.45) is 0 Å². The zero-order chi connectivity index (χ0) is 20.1. The van der Waals surface area contributed by atoms with Crippen molar-refractivity contribution >= 4 is 39.3 Å². The maximum Gasteiger partial charge on any atom is 0.234 e. The van der Waals surface area contributed by atoms with Crippen LogP contribution in [-0.4, -0.2) is 33.0 Å². The molecule has 1 aromatic heterocycles. The van der Waals surface area contributed by atoms with Crippen LogP contribution in [0, 0.1) is 13.8 Å². The number of hydrogen-bond acceptors (Lipinski definition) is 5. The van der Waals surface area contributed by atoms with E-state index in [1.54, 1.807) is 0 Å². The number of ether oxygens (including phenoxy) is 1. The summed E-state index contributed by atoms with van der Waals surface area (Å²) < 4.78 is 8.28. The highest BCUT2D eigenvalue weighted by Gasteiger charge is 2.14. The number of amides is 1. The summed E-state index contributed by atoms with van der Waals surface area (Å²) in [7, 11) is 0. The van der Waals surface area contributed by atoms with Crippen LogP contribution in [0.3, 0.4) is 0 Å². The Morgan fingerprint density at radius 2 is 1.93 bits per heavy atom. The Morgan fingerprint density at radius 1 is 1.18 bits per heavy atom. The Kier molecular flexibility index (Phi) is 6.74. The van der Waals surface area contributed by atoms with Gasteiger partial charge < -0.3 is 10.1 Å². The topological polar surface area (TPSA) is 69.0 Å². The van der Waals surface area contributed by atoms with Crippen LogP contribution in [0.25, 0.3) is 5.69 Å². The van der Waals surface area contributed by atoms with Crippen LogP contribution in [0.5, 0.6) is 5.75 Å². The molecule has 3 aromatic rings. The molecular weight excluding hydrogens is 440 g/mol. The van der Waals surface area contributed by atoms with Crippen LogP contribution in [0.1, 0.15) is 18.3 Å². The highest BCUT2D eigenvalue weighted by Crippen LogP contribution is 2.26. The summed E-state index contributed by atoms with van der Waals surface area (Å²) in [4.78, 5) is 12.4. The van der Waals surface area contributed by atoms with Gasteiger partial charge in [0.1, 0.15) is 11.6 Å². The van der Waals surface area contributed by atoms with E-state index in [1.165, 1.54) is 11.8 Å². The number of aryl methyl sites for hydroxylation is 2. The fraction of sp³-hybridized carbons (Fsp3) is 0.250. The Labute approximate surface area is 176 Å². The van der Waals surface area contributed by atoms with Crippen LogP contribution in [0.2, 0.25) is 0 Å². The van der Waals surface area contributed by atoms with Crippen molar-refractivity contribution in [3.8, 4) is 11.4 Å². The summed E-state index contributed by atoms with van der Waals surface area (Å²) in [6, 6.07) is 13.5. The molecule has 1 amide bonds. The molecule has 0 atom stereocenters.